The molecule has 0 bridgehead atoms. The molecule has 1 rings (SSSR count). The van der Waals surface area contributed by atoms with Gasteiger partial charge in [-0.15, -0.1) is 0 Å². The molecular weight excluding hydrogens is 304 g/mol. The number of aliphatic hydroxyl groups is 1. The number of rotatable bonds is 8. The molecule has 0 saturated carbocycles. The summed E-state index contributed by atoms with van der Waals surface area (Å²) in [4.78, 5) is 12.2. The van der Waals surface area contributed by atoms with Crippen molar-refractivity contribution in [2.75, 3.05) is 6.54 Å². The number of amides is 1. The van der Waals surface area contributed by atoms with Gasteiger partial charge in [-0.3, -0.25) is 9.48 Å². The highest BCUT2D eigenvalue weighted by molar-refractivity contribution is 5.93. The zero-order chi connectivity index (χ0) is 17.8. The van der Waals surface area contributed by atoms with Crippen molar-refractivity contribution < 1.29 is 18.7 Å². The zero-order valence-electron chi connectivity index (χ0n) is 14.4. The molecule has 1 heterocycles. The van der Waals surface area contributed by atoms with E-state index in [4.69, 9.17) is 0 Å². The summed E-state index contributed by atoms with van der Waals surface area (Å²) in [6.07, 6.45) is -1.51. The van der Waals surface area contributed by atoms with Crippen molar-refractivity contribution in [3.05, 3.63) is 17.5 Å². The van der Waals surface area contributed by atoms with E-state index in [0.717, 1.165) is 0 Å². The third kappa shape index (κ3) is 6.25. The fourth-order valence-electron chi connectivity index (χ4n) is 2.52. The van der Waals surface area contributed by atoms with Gasteiger partial charge in [0.15, 0.2) is 5.69 Å². The average molecular weight is 331 g/mol. The Kier molecular flexibility index (Phi) is 6.68. The van der Waals surface area contributed by atoms with Gasteiger partial charge in [0.2, 0.25) is 0 Å². The molecule has 1 amide bonds. The molecular formula is C16H27F2N3O2. The Morgan fingerprint density at radius 1 is 1.39 bits per heavy atom. The van der Waals surface area contributed by atoms with Crippen molar-refractivity contribution in [2.45, 2.75) is 60.1 Å². The minimum atomic E-state index is -2.75. The molecule has 5 nitrogen and oxygen atoms in total. The lowest BCUT2D eigenvalue weighted by Gasteiger charge is -2.26. The number of carbonyl (C=O) groups is 1. The van der Waals surface area contributed by atoms with Gasteiger partial charge in [0.25, 0.3) is 12.3 Å². The van der Waals surface area contributed by atoms with E-state index in [2.05, 4.69) is 10.4 Å². The number of nitrogens with zero attached hydrogens (tertiary/aromatic N) is 2. The summed E-state index contributed by atoms with van der Waals surface area (Å²) >= 11 is 0. The third-order valence-corrected chi connectivity index (χ3v) is 3.37. The SMILES string of the molecule is CC(C)Cn1cc(C(F)F)c(C(=O)NCC(C)(C)CC(C)O)n1. The van der Waals surface area contributed by atoms with Gasteiger partial charge in [-0.2, -0.15) is 5.10 Å². The van der Waals surface area contributed by atoms with Gasteiger partial charge >= 0.3 is 0 Å². The Balaban J connectivity index is 2.84. The van der Waals surface area contributed by atoms with Crippen LogP contribution in [0.3, 0.4) is 0 Å². The molecule has 1 unspecified atom stereocenters. The Labute approximate surface area is 136 Å². The van der Waals surface area contributed by atoms with E-state index in [1.54, 1.807) is 6.92 Å². The monoisotopic (exact) mass is 331 g/mol. The summed E-state index contributed by atoms with van der Waals surface area (Å²) in [5, 5.41) is 16.1. The third-order valence-electron chi connectivity index (χ3n) is 3.37. The van der Waals surface area contributed by atoms with Gasteiger partial charge in [-0.25, -0.2) is 8.78 Å². The fourth-order valence-corrected chi connectivity index (χ4v) is 2.52. The van der Waals surface area contributed by atoms with E-state index in [1.807, 2.05) is 27.7 Å². The van der Waals surface area contributed by atoms with E-state index in [1.165, 1.54) is 10.9 Å². The molecule has 23 heavy (non-hydrogen) atoms. The number of alkyl halides is 2. The van der Waals surface area contributed by atoms with Crippen molar-refractivity contribution in [3.8, 4) is 0 Å². The summed E-state index contributed by atoms with van der Waals surface area (Å²) in [5.41, 5.74) is -0.917. The first-order valence-electron chi connectivity index (χ1n) is 7.83. The van der Waals surface area contributed by atoms with Gasteiger partial charge in [-0.05, 0) is 24.7 Å². The van der Waals surface area contributed by atoms with Crippen LogP contribution in [0.25, 0.3) is 0 Å². The molecule has 0 aliphatic rings. The molecule has 0 aromatic carbocycles. The minimum Gasteiger partial charge on any atom is -0.393 e. The van der Waals surface area contributed by atoms with Crippen LogP contribution in [0.1, 0.15) is 63.5 Å². The number of hydrogen-bond donors (Lipinski definition) is 2. The maximum atomic E-state index is 13.1. The van der Waals surface area contributed by atoms with Gasteiger partial charge in [0.05, 0.1) is 11.7 Å². The van der Waals surface area contributed by atoms with E-state index in [-0.39, 0.29) is 29.1 Å². The first kappa shape index (κ1) is 19.5. The molecule has 0 fully saturated rings. The number of aliphatic hydroxyl groups excluding tert-OH is 1. The molecule has 0 spiro atoms. The smallest absolute Gasteiger partial charge is 0.272 e. The zero-order valence-corrected chi connectivity index (χ0v) is 14.4. The number of aromatic nitrogens is 2. The molecule has 132 valence electrons. The molecule has 7 heteroatoms. The van der Waals surface area contributed by atoms with Crippen LogP contribution in [0.4, 0.5) is 8.78 Å². The van der Waals surface area contributed by atoms with Crippen LogP contribution in [-0.4, -0.2) is 33.4 Å². The predicted octanol–water partition coefficient (Wildman–Crippen LogP) is 3.00. The Bertz CT molecular complexity index is 525. The van der Waals surface area contributed by atoms with E-state index in [0.29, 0.717) is 13.0 Å². The second-order valence-corrected chi connectivity index (χ2v) is 7.25. The summed E-state index contributed by atoms with van der Waals surface area (Å²) < 4.78 is 27.6. The van der Waals surface area contributed by atoms with Crippen LogP contribution in [0.2, 0.25) is 0 Å². The summed E-state index contributed by atoms with van der Waals surface area (Å²) in [5.74, 6) is -0.372. The normalized spacial score (nSPS) is 13.7. The van der Waals surface area contributed by atoms with Crippen LogP contribution < -0.4 is 5.32 Å². The Hall–Kier alpha value is -1.50. The lowest BCUT2D eigenvalue weighted by molar-refractivity contribution is 0.0885. The predicted molar refractivity (Wildman–Crippen MR) is 84.4 cm³/mol. The second kappa shape index (κ2) is 7.86. The van der Waals surface area contributed by atoms with Gasteiger partial charge in [0.1, 0.15) is 0 Å². The van der Waals surface area contributed by atoms with Gasteiger partial charge < -0.3 is 10.4 Å². The standard InChI is InChI=1S/C16H27F2N3O2/c1-10(2)7-21-8-12(14(17)18)13(20-21)15(23)19-9-16(4,5)6-11(3)22/h8,10-11,14,22H,6-7,9H2,1-5H3,(H,19,23). The van der Waals surface area contributed by atoms with Crippen molar-refractivity contribution in [1.29, 1.82) is 0 Å². The average Bonchev–Trinajstić information content (AvgIpc) is 2.77. The maximum Gasteiger partial charge on any atom is 0.272 e. The molecule has 1 atom stereocenters. The molecule has 1 aromatic rings. The fraction of sp³-hybridized carbons (Fsp3) is 0.750. The Morgan fingerprint density at radius 3 is 2.48 bits per heavy atom. The number of hydrogen-bond acceptors (Lipinski definition) is 3. The lowest BCUT2D eigenvalue weighted by Crippen LogP contribution is -2.36. The van der Waals surface area contributed by atoms with Crippen molar-refractivity contribution >= 4 is 5.91 Å². The molecule has 0 saturated heterocycles. The van der Waals surface area contributed by atoms with E-state index in [9.17, 15) is 18.7 Å². The highest BCUT2D eigenvalue weighted by Gasteiger charge is 2.26. The lowest BCUT2D eigenvalue weighted by atomic mass is 9.87. The molecule has 1 aromatic heterocycles. The molecule has 2 N–H and O–H groups in total. The van der Waals surface area contributed by atoms with Gasteiger partial charge in [0, 0.05) is 19.3 Å². The maximum absolute atomic E-state index is 13.1. The second-order valence-electron chi connectivity index (χ2n) is 7.25. The Morgan fingerprint density at radius 2 is 2.00 bits per heavy atom. The van der Waals surface area contributed by atoms with E-state index >= 15 is 0 Å². The molecule has 0 aliphatic heterocycles. The summed E-state index contributed by atoms with van der Waals surface area (Å²) in [6, 6.07) is 0. The summed E-state index contributed by atoms with van der Waals surface area (Å²) in [6.45, 7) is 10.1. The minimum absolute atomic E-state index is 0.228. The van der Waals surface area contributed by atoms with Crippen LogP contribution in [0, 0.1) is 11.3 Å². The largest absolute Gasteiger partial charge is 0.393 e. The topological polar surface area (TPSA) is 67.2 Å². The van der Waals surface area contributed by atoms with Crippen LogP contribution in [0.5, 0.6) is 0 Å². The van der Waals surface area contributed by atoms with Crippen LogP contribution >= 0.6 is 0 Å². The highest BCUT2D eigenvalue weighted by Crippen LogP contribution is 2.24. The van der Waals surface area contributed by atoms with Crippen molar-refractivity contribution in [1.82, 2.24) is 15.1 Å². The number of nitrogens with one attached hydrogen (secondary N) is 1. The quantitative estimate of drug-likeness (QED) is 0.769. The summed E-state index contributed by atoms with van der Waals surface area (Å²) in [7, 11) is 0. The molecule has 0 aliphatic carbocycles. The number of carbonyl (C=O) groups excluding carboxylic acids is 1. The number of halogens is 2. The van der Waals surface area contributed by atoms with Crippen LogP contribution in [-0.2, 0) is 6.54 Å². The molecule has 0 radical (unpaired) electrons. The van der Waals surface area contributed by atoms with Crippen molar-refractivity contribution in [3.63, 3.8) is 0 Å². The van der Waals surface area contributed by atoms with E-state index < -0.39 is 18.4 Å². The first-order chi connectivity index (χ1) is 10.5. The van der Waals surface area contributed by atoms with Gasteiger partial charge in [-0.1, -0.05) is 27.7 Å². The first-order valence-corrected chi connectivity index (χ1v) is 7.83. The highest BCUT2D eigenvalue weighted by atomic mass is 19.3. The van der Waals surface area contributed by atoms with Crippen molar-refractivity contribution in [2.24, 2.45) is 11.3 Å². The van der Waals surface area contributed by atoms with Crippen LogP contribution in [0.15, 0.2) is 6.20 Å².